The molecule has 3 aliphatic rings. The molecule has 0 spiro atoms. The molecule has 0 amide bonds. The first-order valence-electron chi connectivity index (χ1n) is 22.7. The van der Waals surface area contributed by atoms with Crippen LogP contribution in [0.3, 0.4) is 0 Å². The molecular formula is C58H42N10. The van der Waals surface area contributed by atoms with Crippen molar-refractivity contribution in [2.45, 2.75) is 0 Å². The molecule has 9 aromatic carbocycles. The fourth-order valence-corrected chi connectivity index (χ4v) is 9.77. The van der Waals surface area contributed by atoms with E-state index in [2.05, 4.69) is 272 Å². The van der Waals surface area contributed by atoms with E-state index in [1.165, 1.54) is 0 Å². The summed E-state index contributed by atoms with van der Waals surface area (Å²) in [6.07, 6.45) is 4.12. The Kier molecular flexibility index (Phi) is 9.33. The number of fused-ring (bicyclic) bond motifs is 4. The zero-order chi connectivity index (χ0) is 45.0. The Hall–Kier alpha value is -9.38. The lowest BCUT2D eigenvalue weighted by molar-refractivity contribution is 0.689. The molecule has 10 aromatic rings. The average Bonchev–Trinajstić information content (AvgIpc) is 4.12. The van der Waals surface area contributed by atoms with Crippen LogP contribution in [0.15, 0.2) is 243 Å². The van der Waals surface area contributed by atoms with Gasteiger partial charge in [-0.15, -0.1) is 10.6 Å². The fourth-order valence-electron chi connectivity index (χ4n) is 9.77. The van der Waals surface area contributed by atoms with E-state index in [9.17, 15) is 0 Å². The zero-order valence-electron chi connectivity index (χ0n) is 36.7. The number of hydrogen-bond acceptors (Lipinski definition) is 9. The van der Waals surface area contributed by atoms with Gasteiger partial charge < -0.3 is 25.0 Å². The fraction of sp³-hybridized carbons (Fsp3) is 0. The van der Waals surface area contributed by atoms with Crippen LogP contribution < -0.4 is 35.6 Å². The maximum atomic E-state index is 4.76. The SMILES string of the molecule is C1=C(c2cccc(-c3cn(-c4ccccc4N4c5ccccc5N(c5ccccc5)c5ccccc54)nn3)c2)NNN1c1ccccc1N1c2ccccc2N(c2ccccc2)c2ccccc21. The zero-order valence-corrected chi connectivity index (χ0v) is 36.7. The Bertz CT molecular complexity index is 3440. The van der Waals surface area contributed by atoms with Crippen molar-refractivity contribution in [1.29, 1.82) is 0 Å². The topological polar surface area (TPSA) is 71.0 Å². The first kappa shape index (κ1) is 39.0. The van der Waals surface area contributed by atoms with Crippen molar-refractivity contribution in [3.8, 4) is 16.9 Å². The molecule has 10 nitrogen and oxygen atoms in total. The molecule has 13 rings (SSSR count). The van der Waals surface area contributed by atoms with E-state index >= 15 is 0 Å². The number of hydrazine groups is 2. The minimum Gasteiger partial charge on any atom is -0.306 e. The number of rotatable bonds is 8. The van der Waals surface area contributed by atoms with E-state index in [-0.39, 0.29) is 0 Å². The number of para-hydroxylation sites is 14. The van der Waals surface area contributed by atoms with Crippen molar-refractivity contribution >= 4 is 79.6 Å². The second-order valence-corrected chi connectivity index (χ2v) is 16.7. The van der Waals surface area contributed by atoms with Crippen LogP contribution in [0.5, 0.6) is 0 Å². The Balaban J connectivity index is 0.824. The van der Waals surface area contributed by atoms with Crippen molar-refractivity contribution in [3.05, 3.63) is 248 Å². The molecule has 10 heteroatoms. The van der Waals surface area contributed by atoms with Gasteiger partial charge in [-0.05, 0) is 103 Å². The molecule has 4 heterocycles. The summed E-state index contributed by atoms with van der Waals surface area (Å²) in [5.41, 5.74) is 25.4. The first-order valence-corrected chi connectivity index (χ1v) is 22.7. The smallest absolute Gasteiger partial charge is 0.113 e. The minimum atomic E-state index is 0.761. The maximum absolute atomic E-state index is 4.76. The summed E-state index contributed by atoms with van der Waals surface area (Å²) < 4.78 is 1.88. The van der Waals surface area contributed by atoms with E-state index < -0.39 is 0 Å². The van der Waals surface area contributed by atoms with Gasteiger partial charge in [-0.3, -0.25) is 5.01 Å². The molecule has 0 unspecified atom stereocenters. The summed E-state index contributed by atoms with van der Waals surface area (Å²) >= 11 is 0. The van der Waals surface area contributed by atoms with Gasteiger partial charge >= 0.3 is 0 Å². The van der Waals surface area contributed by atoms with Crippen LogP contribution >= 0.6 is 0 Å². The third-order valence-corrected chi connectivity index (χ3v) is 12.8. The number of nitrogens with zero attached hydrogens (tertiary/aromatic N) is 8. The molecule has 324 valence electrons. The number of anilines is 13. The third kappa shape index (κ3) is 6.46. The van der Waals surface area contributed by atoms with Crippen molar-refractivity contribution in [3.63, 3.8) is 0 Å². The highest BCUT2D eigenvalue weighted by atomic mass is 15.7. The predicted molar refractivity (Wildman–Crippen MR) is 276 cm³/mol. The molecule has 0 saturated heterocycles. The Labute approximate surface area is 394 Å². The molecule has 0 saturated carbocycles. The number of aromatic nitrogens is 3. The molecule has 0 fully saturated rings. The Morgan fingerprint density at radius 3 is 1.16 bits per heavy atom. The van der Waals surface area contributed by atoms with Crippen molar-refractivity contribution < 1.29 is 0 Å². The lowest BCUT2D eigenvalue weighted by atomic mass is 10.0. The van der Waals surface area contributed by atoms with Crippen LogP contribution in [0.1, 0.15) is 5.56 Å². The molecule has 0 aliphatic carbocycles. The summed E-state index contributed by atoms with van der Waals surface area (Å²) in [4.78, 5) is 9.36. The van der Waals surface area contributed by atoms with Gasteiger partial charge in [0.1, 0.15) is 5.69 Å². The van der Waals surface area contributed by atoms with Gasteiger partial charge in [0.25, 0.3) is 0 Å². The Morgan fingerprint density at radius 1 is 0.324 bits per heavy atom. The van der Waals surface area contributed by atoms with Gasteiger partial charge in [0, 0.05) is 28.7 Å². The van der Waals surface area contributed by atoms with Crippen LogP contribution in [0.2, 0.25) is 0 Å². The first-order chi connectivity index (χ1) is 33.8. The second kappa shape index (κ2) is 16.2. The second-order valence-electron chi connectivity index (χ2n) is 16.7. The molecule has 68 heavy (non-hydrogen) atoms. The van der Waals surface area contributed by atoms with Gasteiger partial charge in [0.15, 0.2) is 0 Å². The van der Waals surface area contributed by atoms with E-state index in [4.69, 9.17) is 10.3 Å². The maximum Gasteiger partial charge on any atom is 0.113 e. The molecule has 1 aromatic heterocycles. The molecule has 2 N–H and O–H groups in total. The highest BCUT2D eigenvalue weighted by Gasteiger charge is 2.34. The standard InChI is InChI=1S/C58H42N10/c1-3-22-43(23-4-1)65-51-30-11-15-34-55(51)67(56-35-16-12-31-52(56)65)49-28-9-7-26-47(49)63-39-45(59-61-63)41-20-19-21-42(38-41)46-40-64(62-60-46)48-27-8-10-29-50(48)68-57-36-17-13-32-53(57)66(44-24-5-2-6-25-44)54-33-14-18-37-58(54)68/h1-40,59,61H. The van der Waals surface area contributed by atoms with E-state index in [0.717, 1.165) is 102 Å². The van der Waals surface area contributed by atoms with E-state index in [0.29, 0.717) is 0 Å². The van der Waals surface area contributed by atoms with Crippen LogP contribution in [0.4, 0.5) is 73.9 Å². The summed E-state index contributed by atoms with van der Waals surface area (Å²) in [6.45, 7) is 0. The molecule has 0 atom stereocenters. The van der Waals surface area contributed by atoms with Gasteiger partial charge in [-0.1, -0.05) is 133 Å². The number of hydrogen-bond donors (Lipinski definition) is 2. The largest absolute Gasteiger partial charge is 0.306 e. The third-order valence-electron chi connectivity index (χ3n) is 12.8. The normalized spacial score (nSPS) is 13.6. The van der Waals surface area contributed by atoms with E-state index in [1.807, 2.05) is 10.9 Å². The van der Waals surface area contributed by atoms with Gasteiger partial charge in [0.05, 0.1) is 80.1 Å². The van der Waals surface area contributed by atoms with Gasteiger partial charge in [-0.25, -0.2) is 4.68 Å². The molecule has 0 radical (unpaired) electrons. The van der Waals surface area contributed by atoms with Gasteiger partial charge in [-0.2, -0.15) is 0 Å². The van der Waals surface area contributed by atoms with Crippen molar-refractivity contribution in [1.82, 2.24) is 26.0 Å². The monoisotopic (exact) mass is 878 g/mol. The molecular weight excluding hydrogens is 837 g/mol. The van der Waals surface area contributed by atoms with Crippen molar-refractivity contribution in [2.75, 3.05) is 24.6 Å². The van der Waals surface area contributed by atoms with Gasteiger partial charge in [0.2, 0.25) is 0 Å². The van der Waals surface area contributed by atoms with Crippen LogP contribution in [-0.2, 0) is 0 Å². The molecule has 3 aliphatic heterocycles. The van der Waals surface area contributed by atoms with Crippen LogP contribution in [0, 0.1) is 0 Å². The molecule has 0 bridgehead atoms. The van der Waals surface area contributed by atoms with Crippen LogP contribution in [0.25, 0.3) is 22.6 Å². The highest BCUT2D eigenvalue weighted by molar-refractivity contribution is 6.04. The highest BCUT2D eigenvalue weighted by Crippen LogP contribution is 2.57. The summed E-state index contributed by atoms with van der Waals surface area (Å²) in [6, 6.07) is 80.7. The summed E-state index contributed by atoms with van der Waals surface area (Å²) in [5, 5.41) is 11.6. The quantitative estimate of drug-likeness (QED) is 0.155. The predicted octanol–water partition coefficient (Wildman–Crippen LogP) is 14.3. The Morgan fingerprint density at radius 2 is 0.691 bits per heavy atom. The summed E-state index contributed by atoms with van der Waals surface area (Å²) in [5.74, 6) is 0. The lowest BCUT2D eigenvalue weighted by Crippen LogP contribution is -2.37. The number of benzene rings is 9. The van der Waals surface area contributed by atoms with E-state index in [1.54, 1.807) is 0 Å². The van der Waals surface area contributed by atoms with Crippen LogP contribution in [-0.4, -0.2) is 15.0 Å². The summed E-state index contributed by atoms with van der Waals surface area (Å²) in [7, 11) is 0. The lowest BCUT2D eigenvalue weighted by Gasteiger charge is -2.41. The van der Waals surface area contributed by atoms with Crippen molar-refractivity contribution in [2.24, 2.45) is 0 Å². The number of nitrogens with one attached hydrogen (secondary N) is 2. The average molecular weight is 879 g/mol. The minimum absolute atomic E-state index is 0.761.